The average molecular weight is 352 g/mol. The number of carbonyl (C=O) groups excluding carboxylic acids is 1. The van der Waals surface area contributed by atoms with Gasteiger partial charge in [-0.3, -0.25) is 4.79 Å². The van der Waals surface area contributed by atoms with E-state index in [1.165, 1.54) is 5.69 Å². The molecule has 0 unspecified atom stereocenters. The van der Waals surface area contributed by atoms with E-state index < -0.39 is 0 Å². The molecule has 3 aromatic rings. The average Bonchev–Trinajstić information content (AvgIpc) is 3.29. The van der Waals surface area contributed by atoms with Crippen LogP contribution in [0.5, 0.6) is 0 Å². The summed E-state index contributed by atoms with van der Waals surface area (Å²) in [6, 6.07) is 2.34. The van der Waals surface area contributed by atoms with Crippen molar-refractivity contribution in [3.63, 3.8) is 0 Å². The van der Waals surface area contributed by atoms with Gasteiger partial charge in [-0.05, 0) is 37.1 Å². The molecule has 0 spiro atoms. The number of fused-ring (bicyclic) bond motifs is 6. The fraction of sp³-hybridized carbons (Fsp3) is 0.529. The van der Waals surface area contributed by atoms with Crippen LogP contribution in [0.25, 0.3) is 5.65 Å². The van der Waals surface area contributed by atoms with Gasteiger partial charge in [-0.15, -0.1) is 5.10 Å². The van der Waals surface area contributed by atoms with Crippen LogP contribution in [0.2, 0.25) is 0 Å². The third-order valence-electron chi connectivity index (χ3n) is 5.56. The van der Waals surface area contributed by atoms with Crippen molar-refractivity contribution in [2.45, 2.75) is 58.2 Å². The van der Waals surface area contributed by atoms with E-state index in [2.05, 4.69) is 30.5 Å². The van der Waals surface area contributed by atoms with E-state index in [4.69, 9.17) is 0 Å². The molecule has 0 radical (unpaired) electrons. The van der Waals surface area contributed by atoms with E-state index in [0.29, 0.717) is 13.0 Å². The molecule has 0 saturated carbocycles. The predicted molar refractivity (Wildman–Crippen MR) is 91.2 cm³/mol. The van der Waals surface area contributed by atoms with Crippen LogP contribution >= 0.6 is 0 Å². The molecule has 9 nitrogen and oxygen atoms in total. The van der Waals surface area contributed by atoms with Gasteiger partial charge in [0.15, 0.2) is 5.65 Å². The summed E-state index contributed by atoms with van der Waals surface area (Å²) in [5.74, 6) is 0.889. The fourth-order valence-electron chi connectivity index (χ4n) is 4.37. The summed E-state index contributed by atoms with van der Waals surface area (Å²) in [6.45, 7) is 4.33. The van der Waals surface area contributed by atoms with E-state index in [9.17, 15) is 4.79 Å². The third kappa shape index (κ3) is 2.23. The zero-order valence-electron chi connectivity index (χ0n) is 14.8. The summed E-state index contributed by atoms with van der Waals surface area (Å²) < 4.78 is 3.64. The fourth-order valence-corrected chi connectivity index (χ4v) is 4.37. The molecule has 5 heterocycles. The van der Waals surface area contributed by atoms with Gasteiger partial charge >= 0.3 is 0 Å². The van der Waals surface area contributed by atoms with Crippen molar-refractivity contribution in [2.24, 2.45) is 0 Å². The van der Waals surface area contributed by atoms with Gasteiger partial charge in [-0.25, -0.2) is 14.2 Å². The molecule has 0 aliphatic carbocycles. The molecule has 134 valence electrons. The van der Waals surface area contributed by atoms with Crippen LogP contribution in [0.15, 0.2) is 12.3 Å². The van der Waals surface area contributed by atoms with Crippen LogP contribution in [-0.2, 0) is 17.8 Å². The molecule has 2 aliphatic heterocycles. The molecule has 9 heteroatoms. The monoisotopic (exact) mass is 352 g/mol. The van der Waals surface area contributed by atoms with Crippen molar-refractivity contribution in [1.82, 2.24) is 39.7 Å². The molecule has 1 saturated heterocycles. The highest BCUT2D eigenvalue weighted by Crippen LogP contribution is 2.43. The predicted octanol–water partition coefficient (Wildman–Crippen LogP) is 1.01. The van der Waals surface area contributed by atoms with Crippen LogP contribution in [0.1, 0.15) is 48.1 Å². The van der Waals surface area contributed by atoms with Crippen LogP contribution in [0.3, 0.4) is 0 Å². The maximum absolute atomic E-state index is 12.9. The second-order valence-electron chi connectivity index (χ2n) is 7.17. The lowest BCUT2D eigenvalue weighted by Gasteiger charge is -2.36. The number of aryl methyl sites for hydroxylation is 3. The molecule has 0 N–H and O–H groups in total. The smallest absolute Gasteiger partial charge is 0.225 e. The topological polar surface area (TPSA) is 94.1 Å². The SMILES string of the molecule is Cc1cc2ncc3c(n2n1)C[C@H]1CC[C@@H]3N1C(=O)CCn1nnnc1C. The molecular formula is C17H20N8O. The summed E-state index contributed by atoms with van der Waals surface area (Å²) >= 11 is 0. The van der Waals surface area contributed by atoms with Crippen molar-refractivity contribution in [1.29, 1.82) is 0 Å². The number of carbonyl (C=O) groups is 1. The van der Waals surface area contributed by atoms with Gasteiger partial charge in [0.1, 0.15) is 5.82 Å². The van der Waals surface area contributed by atoms with Crippen LogP contribution in [0.4, 0.5) is 0 Å². The largest absolute Gasteiger partial charge is 0.332 e. The van der Waals surface area contributed by atoms with Crippen LogP contribution in [-0.4, -0.2) is 51.7 Å². The zero-order valence-corrected chi connectivity index (χ0v) is 14.8. The normalized spacial score (nSPS) is 21.4. The molecule has 1 amide bonds. The molecule has 0 aromatic carbocycles. The summed E-state index contributed by atoms with van der Waals surface area (Å²) in [5, 5.41) is 16.0. The van der Waals surface area contributed by atoms with Gasteiger partial charge in [-0.1, -0.05) is 0 Å². The maximum atomic E-state index is 12.9. The molecule has 5 rings (SSSR count). The molecule has 1 fully saturated rings. The number of aromatic nitrogens is 7. The van der Waals surface area contributed by atoms with E-state index >= 15 is 0 Å². The molecule has 2 atom stereocenters. The Kier molecular flexibility index (Phi) is 3.31. The minimum absolute atomic E-state index is 0.104. The van der Waals surface area contributed by atoms with Gasteiger partial charge in [0, 0.05) is 36.7 Å². The molecule has 3 aromatic heterocycles. The highest BCUT2D eigenvalue weighted by molar-refractivity contribution is 5.78. The molecule has 2 aliphatic rings. The van der Waals surface area contributed by atoms with E-state index in [1.807, 2.05) is 30.6 Å². The highest BCUT2D eigenvalue weighted by atomic mass is 16.2. The lowest BCUT2D eigenvalue weighted by Crippen LogP contribution is -2.43. The third-order valence-corrected chi connectivity index (χ3v) is 5.56. The molecular weight excluding hydrogens is 332 g/mol. The van der Waals surface area contributed by atoms with Crippen molar-refractivity contribution in [3.8, 4) is 0 Å². The lowest BCUT2D eigenvalue weighted by molar-refractivity contribution is -0.135. The van der Waals surface area contributed by atoms with Gasteiger partial charge in [0.05, 0.1) is 24.0 Å². The van der Waals surface area contributed by atoms with E-state index in [0.717, 1.165) is 42.0 Å². The Bertz CT molecular complexity index is 1010. The number of nitrogens with zero attached hydrogens (tertiary/aromatic N) is 8. The first-order valence-corrected chi connectivity index (χ1v) is 9.00. The Morgan fingerprint density at radius 3 is 3.00 bits per heavy atom. The van der Waals surface area contributed by atoms with Crippen molar-refractivity contribution >= 4 is 11.6 Å². The number of tetrazole rings is 1. The minimum Gasteiger partial charge on any atom is -0.332 e. The number of rotatable bonds is 3. The van der Waals surface area contributed by atoms with Gasteiger partial charge in [0.25, 0.3) is 0 Å². The minimum atomic E-state index is 0.104. The number of hydrogen-bond acceptors (Lipinski definition) is 6. The first-order chi connectivity index (χ1) is 12.6. The number of amides is 1. The quantitative estimate of drug-likeness (QED) is 0.698. The second kappa shape index (κ2) is 5.58. The number of hydrogen-bond donors (Lipinski definition) is 0. The first-order valence-electron chi connectivity index (χ1n) is 9.00. The maximum Gasteiger partial charge on any atom is 0.225 e. The van der Waals surface area contributed by atoms with Crippen LogP contribution < -0.4 is 0 Å². The Morgan fingerprint density at radius 2 is 2.19 bits per heavy atom. The Balaban J connectivity index is 1.43. The zero-order chi connectivity index (χ0) is 17.8. The van der Waals surface area contributed by atoms with E-state index in [-0.39, 0.29) is 18.0 Å². The van der Waals surface area contributed by atoms with Gasteiger partial charge in [0.2, 0.25) is 5.91 Å². The molecule has 26 heavy (non-hydrogen) atoms. The van der Waals surface area contributed by atoms with E-state index in [1.54, 1.807) is 4.68 Å². The lowest BCUT2D eigenvalue weighted by atomic mass is 9.98. The summed E-state index contributed by atoms with van der Waals surface area (Å²) in [7, 11) is 0. The van der Waals surface area contributed by atoms with Crippen LogP contribution in [0, 0.1) is 13.8 Å². The Labute approximate surface area is 150 Å². The summed E-state index contributed by atoms with van der Waals surface area (Å²) in [5.41, 5.74) is 4.19. The van der Waals surface area contributed by atoms with Crippen molar-refractivity contribution in [2.75, 3.05) is 0 Å². The Hall–Kier alpha value is -2.84. The summed E-state index contributed by atoms with van der Waals surface area (Å²) in [6.07, 6.45) is 5.19. The van der Waals surface area contributed by atoms with Gasteiger partial charge in [-0.2, -0.15) is 5.10 Å². The van der Waals surface area contributed by atoms with Gasteiger partial charge < -0.3 is 4.90 Å². The summed E-state index contributed by atoms with van der Waals surface area (Å²) in [4.78, 5) is 19.6. The second-order valence-corrected chi connectivity index (χ2v) is 7.17. The highest BCUT2D eigenvalue weighted by Gasteiger charge is 2.43. The standard InChI is InChI=1S/C17H20N8O/c1-10-7-16-18-9-13-14-4-3-12(8-15(13)25(16)20-10)24(14)17(26)5-6-23-11(2)19-21-22-23/h7,9,12,14H,3-6,8H2,1-2H3/t12-,14+/m1/s1. The van der Waals surface area contributed by atoms with Crippen molar-refractivity contribution in [3.05, 3.63) is 35.0 Å². The first kappa shape index (κ1) is 15.4. The van der Waals surface area contributed by atoms with Crippen molar-refractivity contribution < 1.29 is 4.79 Å². The molecule has 2 bridgehead atoms. The Morgan fingerprint density at radius 1 is 1.31 bits per heavy atom.